The molecule has 5 nitrogen and oxygen atoms in total. The summed E-state index contributed by atoms with van der Waals surface area (Å²) in [6.07, 6.45) is 0. The molecule has 0 bridgehead atoms. The first-order chi connectivity index (χ1) is 6.75. The Kier molecular flexibility index (Phi) is 2.58. The van der Waals surface area contributed by atoms with E-state index in [1.165, 1.54) is 0 Å². The fraction of sp³-hybridized carbons (Fsp3) is 0.667. The number of aromatic nitrogens is 3. The van der Waals surface area contributed by atoms with Crippen LogP contribution in [0.3, 0.4) is 0 Å². The molecule has 0 saturated carbocycles. The largest absolute Gasteiger partial charge is 0.378 e. The van der Waals surface area contributed by atoms with E-state index >= 15 is 0 Å². The van der Waals surface area contributed by atoms with E-state index in [9.17, 15) is 0 Å². The molecule has 0 amide bonds. The molecule has 5 heteroatoms. The van der Waals surface area contributed by atoms with Gasteiger partial charge in [-0.15, -0.1) is 0 Å². The minimum atomic E-state index is 0.754. The third-order valence-electron chi connectivity index (χ3n) is 2.14. The van der Waals surface area contributed by atoms with Gasteiger partial charge in [0.2, 0.25) is 5.95 Å². The Morgan fingerprint density at radius 1 is 1.00 bits per heavy atom. The van der Waals surface area contributed by atoms with Crippen LogP contribution in [-0.4, -0.2) is 41.3 Å². The molecule has 1 aliphatic rings. The van der Waals surface area contributed by atoms with Gasteiger partial charge in [-0.25, -0.2) is 4.98 Å². The molecular weight excluding hydrogens is 180 g/mol. The van der Waals surface area contributed by atoms with Crippen LogP contribution in [0.4, 0.5) is 5.95 Å². The highest BCUT2D eigenvalue weighted by Gasteiger charge is 2.14. The minimum Gasteiger partial charge on any atom is -0.378 e. The molecule has 0 aromatic carbocycles. The van der Waals surface area contributed by atoms with Gasteiger partial charge in [0.25, 0.3) is 0 Å². The highest BCUT2D eigenvalue weighted by atomic mass is 16.5. The maximum atomic E-state index is 5.27. The van der Waals surface area contributed by atoms with Gasteiger partial charge in [0.1, 0.15) is 11.6 Å². The van der Waals surface area contributed by atoms with E-state index in [2.05, 4.69) is 19.9 Å². The Morgan fingerprint density at radius 3 is 2.14 bits per heavy atom. The van der Waals surface area contributed by atoms with Crippen molar-refractivity contribution in [1.82, 2.24) is 15.0 Å². The highest BCUT2D eigenvalue weighted by molar-refractivity contribution is 5.29. The fourth-order valence-electron chi connectivity index (χ4n) is 1.50. The lowest BCUT2D eigenvalue weighted by Gasteiger charge is -2.26. The van der Waals surface area contributed by atoms with Crippen LogP contribution in [0, 0.1) is 13.8 Å². The van der Waals surface area contributed by atoms with E-state index in [1.807, 2.05) is 13.8 Å². The number of hydrogen-bond donors (Lipinski definition) is 0. The number of morpholine rings is 1. The predicted octanol–water partition coefficient (Wildman–Crippen LogP) is 0.325. The third kappa shape index (κ3) is 1.98. The van der Waals surface area contributed by atoms with Crippen LogP contribution in [0.25, 0.3) is 0 Å². The monoisotopic (exact) mass is 194 g/mol. The first-order valence-corrected chi connectivity index (χ1v) is 4.78. The first kappa shape index (κ1) is 9.33. The van der Waals surface area contributed by atoms with Crippen LogP contribution >= 0.6 is 0 Å². The van der Waals surface area contributed by atoms with E-state index in [0.29, 0.717) is 0 Å². The van der Waals surface area contributed by atoms with Crippen molar-refractivity contribution >= 4 is 5.95 Å². The molecule has 0 unspecified atom stereocenters. The zero-order chi connectivity index (χ0) is 9.97. The van der Waals surface area contributed by atoms with Crippen molar-refractivity contribution in [1.29, 1.82) is 0 Å². The lowest BCUT2D eigenvalue weighted by molar-refractivity contribution is 0.122. The van der Waals surface area contributed by atoms with Gasteiger partial charge in [-0.05, 0) is 13.8 Å². The molecule has 0 N–H and O–H groups in total. The van der Waals surface area contributed by atoms with Gasteiger partial charge in [-0.1, -0.05) is 0 Å². The molecular formula is C9H14N4O. The average molecular weight is 194 g/mol. The second-order valence-electron chi connectivity index (χ2n) is 3.33. The van der Waals surface area contributed by atoms with Gasteiger partial charge < -0.3 is 9.64 Å². The molecule has 1 aromatic rings. The molecule has 2 rings (SSSR count). The van der Waals surface area contributed by atoms with E-state index < -0.39 is 0 Å². The van der Waals surface area contributed by atoms with Gasteiger partial charge >= 0.3 is 0 Å². The zero-order valence-electron chi connectivity index (χ0n) is 8.53. The molecule has 0 aliphatic carbocycles. The summed E-state index contributed by atoms with van der Waals surface area (Å²) in [5.41, 5.74) is 0. The Hall–Kier alpha value is -1.23. The standard InChI is InChI=1S/C9H14N4O/c1-7-10-8(2)12-9(11-7)13-3-5-14-6-4-13/h3-6H2,1-2H3. The molecule has 1 aromatic heterocycles. The van der Waals surface area contributed by atoms with Gasteiger partial charge in [0.05, 0.1) is 13.2 Å². The number of nitrogens with zero attached hydrogens (tertiary/aromatic N) is 4. The Morgan fingerprint density at radius 2 is 1.57 bits per heavy atom. The molecule has 2 heterocycles. The second kappa shape index (κ2) is 3.88. The first-order valence-electron chi connectivity index (χ1n) is 4.78. The Bertz CT molecular complexity index is 302. The molecule has 1 saturated heterocycles. The predicted molar refractivity (Wildman–Crippen MR) is 52.3 cm³/mol. The maximum absolute atomic E-state index is 5.27. The van der Waals surface area contributed by atoms with Crippen molar-refractivity contribution in [2.75, 3.05) is 31.2 Å². The third-order valence-corrected chi connectivity index (χ3v) is 2.14. The fourth-order valence-corrected chi connectivity index (χ4v) is 1.50. The molecule has 1 aliphatic heterocycles. The topological polar surface area (TPSA) is 51.1 Å². The summed E-state index contributed by atoms with van der Waals surface area (Å²) in [7, 11) is 0. The molecule has 0 radical (unpaired) electrons. The lowest BCUT2D eigenvalue weighted by atomic mass is 10.4. The summed E-state index contributed by atoms with van der Waals surface area (Å²) >= 11 is 0. The van der Waals surface area contributed by atoms with Crippen LogP contribution in [-0.2, 0) is 4.74 Å². The van der Waals surface area contributed by atoms with Crippen molar-refractivity contribution < 1.29 is 4.74 Å². The molecule has 0 spiro atoms. The number of anilines is 1. The van der Waals surface area contributed by atoms with Crippen molar-refractivity contribution in [2.45, 2.75) is 13.8 Å². The quantitative estimate of drug-likeness (QED) is 0.644. The zero-order valence-corrected chi connectivity index (χ0v) is 8.53. The summed E-state index contributed by atoms with van der Waals surface area (Å²) in [6, 6.07) is 0. The smallest absolute Gasteiger partial charge is 0.228 e. The van der Waals surface area contributed by atoms with Crippen LogP contribution in [0.5, 0.6) is 0 Å². The summed E-state index contributed by atoms with van der Waals surface area (Å²) in [4.78, 5) is 14.9. The normalized spacial score (nSPS) is 17.1. The summed E-state index contributed by atoms with van der Waals surface area (Å²) < 4.78 is 5.27. The van der Waals surface area contributed by atoms with Crippen molar-refractivity contribution in [2.24, 2.45) is 0 Å². The number of ether oxygens (including phenoxy) is 1. The van der Waals surface area contributed by atoms with Gasteiger partial charge in [-0.2, -0.15) is 9.97 Å². The van der Waals surface area contributed by atoms with Crippen molar-refractivity contribution in [3.05, 3.63) is 11.6 Å². The molecule has 0 atom stereocenters. The van der Waals surface area contributed by atoms with Gasteiger partial charge in [-0.3, -0.25) is 0 Å². The van der Waals surface area contributed by atoms with Crippen LogP contribution < -0.4 is 4.90 Å². The van der Waals surface area contributed by atoms with Crippen LogP contribution in [0.15, 0.2) is 0 Å². The molecule has 14 heavy (non-hydrogen) atoms. The number of aryl methyl sites for hydroxylation is 2. The number of hydrogen-bond acceptors (Lipinski definition) is 5. The SMILES string of the molecule is Cc1nc(C)nc(N2CCOCC2)n1. The highest BCUT2D eigenvalue weighted by Crippen LogP contribution is 2.09. The maximum Gasteiger partial charge on any atom is 0.228 e. The van der Waals surface area contributed by atoms with Crippen molar-refractivity contribution in [3.63, 3.8) is 0 Å². The van der Waals surface area contributed by atoms with E-state index in [-0.39, 0.29) is 0 Å². The molecule has 1 fully saturated rings. The average Bonchev–Trinajstić information content (AvgIpc) is 2.18. The van der Waals surface area contributed by atoms with Gasteiger partial charge in [0, 0.05) is 13.1 Å². The van der Waals surface area contributed by atoms with Crippen LogP contribution in [0.2, 0.25) is 0 Å². The Labute approximate surface area is 83.1 Å². The van der Waals surface area contributed by atoms with E-state index in [4.69, 9.17) is 4.74 Å². The minimum absolute atomic E-state index is 0.754. The molecule has 76 valence electrons. The van der Waals surface area contributed by atoms with Gasteiger partial charge in [0.15, 0.2) is 0 Å². The van der Waals surface area contributed by atoms with Crippen molar-refractivity contribution in [3.8, 4) is 0 Å². The summed E-state index contributed by atoms with van der Waals surface area (Å²) in [5.74, 6) is 2.33. The lowest BCUT2D eigenvalue weighted by Crippen LogP contribution is -2.37. The van der Waals surface area contributed by atoms with E-state index in [1.54, 1.807) is 0 Å². The summed E-state index contributed by atoms with van der Waals surface area (Å²) in [5, 5.41) is 0. The summed E-state index contributed by atoms with van der Waals surface area (Å²) in [6.45, 7) is 7.01. The van der Waals surface area contributed by atoms with E-state index in [0.717, 1.165) is 43.9 Å². The second-order valence-corrected chi connectivity index (χ2v) is 3.33. The van der Waals surface area contributed by atoms with Crippen LogP contribution in [0.1, 0.15) is 11.6 Å². The number of rotatable bonds is 1. The Balaban J connectivity index is 2.21.